The van der Waals surface area contributed by atoms with Gasteiger partial charge in [-0.2, -0.15) is 0 Å². The Kier molecular flexibility index (Phi) is 6.76. The second kappa shape index (κ2) is 8.11. The molecule has 0 fully saturated rings. The average Bonchev–Trinajstić information content (AvgIpc) is 2.29. The fraction of sp³-hybridized carbons (Fsp3) is 0.500. The van der Waals surface area contributed by atoms with E-state index < -0.39 is 0 Å². The van der Waals surface area contributed by atoms with Gasteiger partial charge in [-0.15, -0.1) is 0 Å². The summed E-state index contributed by atoms with van der Waals surface area (Å²) in [6.07, 6.45) is 2.12. The average molecular weight is 269 g/mol. The number of nitrogens with one attached hydrogen (secondary N) is 1. The molecule has 0 heterocycles. The lowest BCUT2D eigenvalue weighted by Gasteiger charge is -2.20. The van der Waals surface area contributed by atoms with Gasteiger partial charge in [0.15, 0.2) is 0 Å². The fourth-order valence-corrected chi connectivity index (χ4v) is 2.06. The zero-order chi connectivity index (χ0) is 13.4. The summed E-state index contributed by atoms with van der Waals surface area (Å²) < 4.78 is 0. The van der Waals surface area contributed by atoms with Crippen LogP contribution in [0.2, 0.25) is 5.02 Å². The highest BCUT2D eigenvalue weighted by Gasteiger charge is 2.09. The number of nitrogens with zero attached hydrogens (tertiary/aromatic N) is 1. The molecule has 0 spiro atoms. The molecule has 18 heavy (non-hydrogen) atoms. The molecule has 0 saturated heterocycles. The van der Waals surface area contributed by atoms with Crippen LogP contribution in [-0.4, -0.2) is 30.4 Å². The van der Waals surface area contributed by atoms with Gasteiger partial charge in [-0.3, -0.25) is 9.69 Å². The van der Waals surface area contributed by atoms with Gasteiger partial charge in [-0.25, -0.2) is 0 Å². The molecule has 3 nitrogen and oxygen atoms in total. The molecule has 0 saturated carbocycles. The van der Waals surface area contributed by atoms with Gasteiger partial charge in [0.2, 0.25) is 5.91 Å². The Labute approximate surface area is 114 Å². The van der Waals surface area contributed by atoms with Gasteiger partial charge >= 0.3 is 0 Å². The highest BCUT2D eigenvalue weighted by molar-refractivity contribution is 6.30. The zero-order valence-electron chi connectivity index (χ0n) is 11.1. The van der Waals surface area contributed by atoms with Crippen LogP contribution in [0.5, 0.6) is 0 Å². The van der Waals surface area contributed by atoms with Gasteiger partial charge in [0.25, 0.3) is 0 Å². The van der Waals surface area contributed by atoms with Crippen LogP contribution in [0.15, 0.2) is 24.3 Å². The minimum Gasteiger partial charge on any atom is -0.325 e. The predicted octanol–water partition coefficient (Wildman–Crippen LogP) is 3.40. The second-order valence-electron chi connectivity index (χ2n) is 4.33. The Hall–Kier alpha value is -1.06. The lowest BCUT2D eigenvalue weighted by atomic mass is 10.3. The molecule has 0 aliphatic carbocycles. The van der Waals surface area contributed by atoms with Gasteiger partial charge < -0.3 is 5.32 Å². The first-order valence-electron chi connectivity index (χ1n) is 6.43. The minimum atomic E-state index is 0.0131. The van der Waals surface area contributed by atoms with Crippen LogP contribution in [0.4, 0.5) is 5.69 Å². The van der Waals surface area contributed by atoms with Crippen LogP contribution in [0, 0.1) is 0 Å². The monoisotopic (exact) mass is 268 g/mol. The number of hydrogen-bond acceptors (Lipinski definition) is 2. The molecule has 1 amide bonds. The second-order valence-corrected chi connectivity index (χ2v) is 4.77. The van der Waals surface area contributed by atoms with Gasteiger partial charge in [-0.05, 0) is 44.1 Å². The number of rotatable bonds is 7. The molecule has 0 aliphatic rings. The molecule has 4 heteroatoms. The molecule has 0 aromatic heterocycles. The van der Waals surface area contributed by atoms with Crippen molar-refractivity contribution in [2.24, 2.45) is 0 Å². The van der Waals surface area contributed by atoms with E-state index in [2.05, 4.69) is 24.1 Å². The molecule has 0 atom stereocenters. The minimum absolute atomic E-state index is 0.0131. The number of halogens is 1. The van der Waals surface area contributed by atoms with E-state index in [0.29, 0.717) is 11.6 Å². The molecule has 0 aliphatic heterocycles. The Morgan fingerprint density at radius 1 is 1.28 bits per heavy atom. The first-order valence-corrected chi connectivity index (χ1v) is 6.81. The summed E-state index contributed by atoms with van der Waals surface area (Å²) in [6, 6.07) is 7.21. The summed E-state index contributed by atoms with van der Waals surface area (Å²) in [6.45, 7) is 6.59. The molecule has 100 valence electrons. The van der Waals surface area contributed by atoms with Crippen LogP contribution >= 0.6 is 11.6 Å². The Balaban J connectivity index is 2.49. The summed E-state index contributed by atoms with van der Waals surface area (Å²) in [5, 5.41) is 3.50. The normalized spacial score (nSPS) is 10.7. The smallest absolute Gasteiger partial charge is 0.238 e. The van der Waals surface area contributed by atoms with Crippen LogP contribution in [-0.2, 0) is 4.79 Å². The third-order valence-corrected chi connectivity index (χ3v) is 2.79. The van der Waals surface area contributed by atoms with Gasteiger partial charge in [0.1, 0.15) is 0 Å². The van der Waals surface area contributed by atoms with E-state index in [1.807, 2.05) is 12.1 Å². The summed E-state index contributed by atoms with van der Waals surface area (Å²) >= 11 is 5.87. The first kappa shape index (κ1) is 15.0. The van der Waals surface area contributed by atoms with E-state index in [0.717, 1.165) is 31.6 Å². The van der Waals surface area contributed by atoms with E-state index in [1.54, 1.807) is 12.1 Å². The number of carbonyl (C=O) groups excluding carboxylic acids is 1. The van der Waals surface area contributed by atoms with Crippen molar-refractivity contribution < 1.29 is 4.79 Å². The number of carbonyl (C=O) groups is 1. The standard InChI is InChI=1S/C14H21ClN2O/c1-3-8-17(9-4-2)11-14(18)16-13-7-5-6-12(15)10-13/h5-7,10H,3-4,8-9,11H2,1-2H3,(H,16,18). The predicted molar refractivity (Wildman–Crippen MR) is 77.1 cm³/mol. The van der Waals surface area contributed by atoms with E-state index >= 15 is 0 Å². The van der Waals surface area contributed by atoms with Crippen molar-refractivity contribution in [3.63, 3.8) is 0 Å². The maximum atomic E-state index is 11.9. The highest BCUT2D eigenvalue weighted by atomic mass is 35.5. The van der Waals surface area contributed by atoms with Crippen LogP contribution < -0.4 is 5.32 Å². The Morgan fingerprint density at radius 2 is 1.94 bits per heavy atom. The van der Waals surface area contributed by atoms with Crippen molar-refractivity contribution in [3.8, 4) is 0 Å². The quantitative estimate of drug-likeness (QED) is 0.822. The number of amides is 1. The summed E-state index contributed by atoms with van der Waals surface area (Å²) in [4.78, 5) is 14.1. The lowest BCUT2D eigenvalue weighted by Crippen LogP contribution is -2.34. The SMILES string of the molecule is CCCN(CCC)CC(=O)Nc1cccc(Cl)c1. The van der Waals surface area contributed by atoms with Gasteiger partial charge in [0, 0.05) is 10.7 Å². The molecular weight excluding hydrogens is 248 g/mol. The third kappa shape index (κ3) is 5.52. The van der Waals surface area contributed by atoms with Crippen LogP contribution in [0.3, 0.4) is 0 Å². The van der Waals surface area contributed by atoms with Crippen molar-refractivity contribution in [2.75, 3.05) is 25.0 Å². The van der Waals surface area contributed by atoms with Gasteiger partial charge in [0.05, 0.1) is 6.54 Å². The molecule has 1 aromatic rings. The largest absolute Gasteiger partial charge is 0.325 e. The number of anilines is 1. The Bertz CT molecular complexity index is 376. The molecule has 1 aromatic carbocycles. The third-order valence-electron chi connectivity index (χ3n) is 2.56. The maximum Gasteiger partial charge on any atom is 0.238 e. The van der Waals surface area contributed by atoms with Crippen LogP contribution in [0.1, 0.15) is 26.7 Å². The maximum absolute atomic E-state index is 11.9. The van der Waals surface area contributed by atoms with Gasteiger partial charge in [-0.1, -0.05) is 31.5 Å². The first-order chi connectivity index (χ1) is 8.65. The molecule has 1 N–H and O–H groups in total. The fourth-order valence-electron chi connectivity index (χ4n) is 1.87. The van der Waals surface area contributed by atoms with Crippen molar-refractivity contribution in [1.82, 2.24) is 4.90 Å². The highest BCUT2D eigenvalue weighted by Crippen LogP contribution is 2.14. The van der Waals surface area contributed by atoms with E-state index in [1.165, 1.54) is 0 Å². The van der Waals surface area contributed by atoms with E-state index in [9.17, 15) is 4.79 Å². The Morgan fingerprint density at radius 3 is 2.50 bits per heavy atom. The van der Waals surface area contributed by atoms with Crippen LogP contribution in [0.25, 0.3) is 0 Å². The molecule has 0 bridgehead atoms. The van der Waals surface area contributed by atoms with Crippen molar-refractivity contribution in [1.29, 1.82) is 0 Å². The van der Waals surface area contributed by atoms with Crippen molar-refractivity contribution in [3.05, 3.63) is 29.3 Å². The topological polar surface area (TPSA) is 32.3 Å². The zero-order valence-corrected chi connectivity index (χ0v) is 11.8. The molecular formula is C14H21ClN2O. The summed E-state index contributed by atoms with van der Waals surface area (Å²) in [7, 11) is 0. The summed E-state index contributed by atoms with van der Waals surface area (Å²) in [5.41, 5.74) is 0.750. The molecule has 0 radical (unpaired) electrons. The van der Waals surface area contributed by atoms with E-state index in [4.69, 9.17) is 11.6 Å². The molecule has 0 unspecified atom stereocenters. The molecule has 1 rings (SSSR count). The number of hydrogen-bond donors (Lipinski definition) is 1. The van der Waals surface area contributed by atoms with Crippen molar-refractivity contribution >= 4 is 23.2 Å². The number of benzene rings is 1. The summed E-state index contributed by atoms with van der Waals surface area (Å²) in [5.74, 6) is 0.0131. The lowest BCUT2D eigenvalue weighted by molar-refractivity contribution is -0.117. The van der Waals surface area contributed by atoms with E-state index in [-0.39, 0.29) is 5.91 Å². The van der Waals surface area contributed by atoms with Crippen molar-refractivity contribution in [2.45, 2.75) is 26.7 Å².